The molecule has 0 amide bonds. The third-order valence-electron chi connectivity index (χ3n) is 2.52. The van der Waals surface area contributed by atoms with Crippen LogP contribution in [0.1, 0.15) is 12.5 Å². The zero-order valence-corrected chi connectivity index (χ0v) is 9.20. The molecule has 1 aromatic carbocycles. The molecule has 17 heavy (non-hydrogen) atoms. The van der Waals surface area contributed by atoms with E-state index in [0.29, 0.717) is 0 Å². The van der Waals surface area contributed by atoms with Crippen LogP contribution in [0.15, 0.2) is 18.2 Å². The summed E-state index contributed by atoms with van der Waals surface area (Å²) in [5.74, 6) is -3.39. The number of nitrogens with one attached hydrogen (secondary N) is 1. The average molecular weight is 245 g/mol. The van der Waals surface area contributed by atoms with Gasteiger partial charge in [-0.05, 0) is 24.6 Å². The summed E-state index contributed by atoms with van der Waals surface area (Å²) in [7, 11) is 0. The van der Waals surface area contributed by atoms with Crippen LogP contribution in [0.25, 0.3) is 0 Å². The SMILES string of the molecule is CC(NCCO)(C(=O)O)c1ccc(F)c(F)c1. The van der Waals surface area contributed by atoms with Gasteiger partial charge in [0.05, 0.1) is 6.61 Å². The summed E-state index contributed by atoms with van der Waals surface area (Å²) in [5.41, 5.74) is -1.49. The van der Waals surface area contributed by atoms with E-state index in [0.717, 1.165) is 12.1 Å². The van der Waals surface area contributed by atoms with Gasteiger partial charge >= 0.3 is 5.97 Å². The molecule has 1 rings (SSSR count). The van der Waals surface area contributed by atoms with Crippen molar-refractivity contribution in [1.29, 1.82) is 0 Å². The molecule has 0 bridgehead atoms. The Labute approximate surface area is 96.9 Å². The van der Waals surface area contributed by atoms with Gasteiger partial charge in [0, 0.05) is 6.54 Å². The number of aliphatic carboxylic acids is 1. The highest BCUT2D eigenvalue weighted by atomic mass is 19.2. The topological polar surface area (TPSA) is 69.6 Å². The maximum Gasteiger partial charge on any atom is 0.328 e. The second kappa shape index (κ2) is 5.20. The number of hydrogen-bond acceptors (Lipinski definition) is 3. The Balaban J connectivity index is 3.13. The maximum absolute atomic E-state index is 13.1. The fraction of sp³-hybridized carbons (Fsp3) is 0.364. The van der Waals surface area contributed by atoms with Crippen molar-refractivity contribution < 1.29 is 23.8 Å². The second-order valence-corrected chi connectivity index (χ2v) is 3.71. The van der Waals surface area contributed by atoms with E-state index in [1.165, 1.54) is 13.0 Å². The summed E-state index contributed by atoms with van der Waals surface area (Å²) in [4.78, 5) is 11.2. The number of aliphatic hydroxyl groups is 1. The van der Waals surface area contributed by atoms with Crippen LogP contribution in [0.3, 0.4) is 0 Å². The Morgan fingerprint density at radius 2 is 2.06 bits per heavy atom. The molecule has 0 spiro atoms. The van der Waals surface area contributed by atoms with Crippen LogP contribution in [0.4, 0.5) is 8.78 Å². The second-order valence-electron chi connectivity index (χ2n) is 3.71. The van der Waals surface area contributed by atoms with Crippen LogP contribution in [-0.4, -0.2) is 29.3 Å². The van der Waals surface area contributed by atoms with Gasteiger partial charge in [0.2, 0.25) is 0 Å². The highest BCUT2D eigenvalue weighted by Gasteiger charge is 2.35. The van der Waals surface area contributed by atoms with Crippen LogP contribution in [0.2, 0.25) is 0 Å². The van der Waals surface area contributed by atoms with Crippen LogP contribution < -0.4 is 5.32 Å². The minimum Gasteiger partial charge on any atom is -0.480 e. The lowest BCUT2D eigenvalue weighted by atomic mass is 9.92. The average Bonchev–Trinajstić information content (AvgIpc) is 2.29. The molecule has 0 aliphatic heterocycles. The molecule has 0 aliphatic carbocycles. The van der Waals surface area contributed by atoms with Gasteiger partial charge in [-0.25, -0.2) is 13.6 Å². The largest absolute Gasteiger partial charge is 0.480 e. The molecule has 0 radical (unpaired) electrons. The minimum atomic E-state index is -1.57. The van der Waals surface area contributed by atoms with Gasteiger partial charge in [0.1, 0.15) is 5.54 Å². The summed E-state index contributed by atoms with van der Waals surface area (Å²) in [6.45, 7) is 1.09. The molecule has 0 saturated heterocycles. The fourth-order valence-corrected chi connectivity index (χ4v) is 1.41. The smallest absolute Gasteiger partial charge is 0.328 e. The predicted octanol–water partition coefficient (Wildman–Crippen LogP) is 0.846. The Kier molecular flexibility index (Phi) is 4.14. The molecule has 6 heteroatoms. The highest BCUT2D eigenvalue weighted by molar-refractivity contribution is 5.80. The first kappa shape index (κ1) is 13.5. The molecule has 0 saturated carbocycles. The van der Waals surface area contributed by atoms with E-state index in [9.17, 15) is 13.6 Å². The van der Waals surface area contributed by atoms with E-state index in [-0.39, 0.29) is 18.7 Å². The van der Waals surface area contributed by atoms with E-state index >= 15 is 0 Å². The summed E-state index contributed by atoms with van der Waals surface area (Å²) < 4.78 is 25.8. The number of halogens is 2. The zero-order valence-electron chi connectivity index (χ0n) is 9.20. The van der Waals surface area contributed by atoms with Crippen LogP contribution in [-0.2, 0) is 10.3 Å². The maximum atomic E-state index is 13.1. The minimum absolute atomic E-state index is 0.0296. The van der Waals surface area contributed by atoms with Gasteiger partial charge < -0.3 is 10.2 Å². The van der Waals surface area contributed by atoms with Crippen molar-refractivity contribution >= 4 is 5.97 Å². The van der Waals surface area contributed by atoms with Crippen LogP contribution in [0, 0.1) is 11.6 Å². The van der Waals surface area contributed by atoms with E-state index in [4.69, 9.17) is 10.2 Å². The lowest BCUT2D eigenvalue weighted by molar-refractivity contribution is -0.144. The van der Waals surface area contributed by atoms with Crippen LogP contribution >= 0.6 is 0 Å². The molecule has 0 aliphatic rings. The van der Waals surface area contributed by atoms with Gasteiger partial charge in [-0.15, -0.1) is 0 Å². The Hall–Kier alpha value is -1.53. The van der Waals surface area contributed by atoms with Crippen LogP contribution in [0.5, 0.6) is 0 Å². The van der Waals surface area contributed by atoms with Gasteiger partial charge in [0.25, 0.3) is 0 Å². The number of rotatable bonds is 5. The number of carboxylic acid groups (broad SMARTS) is 1. The van der Waals surface area contributed by atoms with Crippen molar-refractivity contribution in [3.63, 3.8) is 0 Å². The number of hydrogen-bond donors (Lipinski definition) is 3. The van der Waals surface area contributed by atoms with Crippen molar-refractivity contribution in [1.82, 2.24) is 5.32 Å². The van der Waals surface area contributed by atoms with Gasteiger partial charge in [0.15, 0.2) is 11.6 Å². The molecule has 3 N–H and O–H groups in total. The molecular weight excluding hydrogens is 232 g/mol. The number of benzene rings is 1. The molecule has 94 valence electrons. The molecular formula is C11H13F2NO3. The molecule has 4 nitrogen and oxygen atoms in total. The lowest BCUT2D eigenvalue weighted by Gasteiger charge is -2.26. The number of carbonyl (C=O) groups is 1. The van der Waals surface area contributed by atoms with E-state index in [1.54, 1.807) is 0 Å². The van der Waals surface area contributed by atoms with Crippen molar-refractivity contribution in [3.8, 4) is 0 Å². The summed E-state index contributed by atoms with van der Waals surface area (Å²) >= 11 is 0. The predicted molar refractivity (Wildman–Crippen MR) is 56.4 cm³/mol. The molecule has 0 aromatic heterocycles. The van der Waals surface area contributed by atoms with Crippen molar-refractivity contribution in [2.24, 2.45) is 0 Å². The van der Waals surface area contributed by atoms with Crippen molar-refractivity contribution in [3.05, 3.63) is 35.4 Å². The quantitative estimate of drug-likeness (QED) is 0.719. The third kappa shape index (κ3) is 2.78. The Morgan fingerprint density at radius 1 is 1.41 bits per heavy atom. The van der Waals surface area contributed by atoms with Gasteiger partial charge in [-0.1, -0.05) is 6.07 Å². The summed E-state index contributed by atoms with van der Waals surface area (Å²) in [5, 5.41) is 20.3. The first-order valence-electron chi connectivity index (χ1n) is 4.96. The standard InChI is InChI=1S/C11H13F2NO3/c1-11(10(16)17,14-4-5-15)7-2-3-8(12)9(13)6-7/h2-3,6,14-15H,4-5H2,1H3,(H,16,17). The summed E-state index contributed by atoms with van der Waals surface area (Å²) in [6, 6.07) is 2.89. The Morgan fingerprint density at radius 3 is 2.53 bits per heavy atom. The lowest BCUT2D eigenvalue weighted by Crippen LogP contribution is -2.47. The molecule has 0 heterocycles. The summed E-state index contributed by atoms with van der Waals surface area (Å²) in [6.07, 6.45) is 0. The fourth-order valence-electron chi connectivity index (χ4n) is 1.41. The number of carboxylic acids is 1. The van der Waals surface area contributed by atoms with E-state index in [2.05, 4.69) is 5.32 Å². The van der Waals surface area contributed by atoms with E-state index in [1.807, 2.05) is 0 Å². The first-order valence-corrected chi connectivity index (χ1v) is 4.96. The molecule has 1 atom stereocenters. The molecule has 1 unspecified atom stereocenters. The normalized spacial score (nSPS) is 14.4. The van der Waals surface area contributed by atoms with Crippen molar-refractivity contribution in [2.75, 3.05) is 13.2 Å². The van der Waals surface area contributed by atoms with Gasteiger partial charge in [-0.3, -0.25) is 5.32 Å². The monoisotopic (exact) mass is 245 g/mol. The van der Waals surface area contributed by atoms with Gasteiger partial charge in [-0.2, -0.15) is 0 Å². The first-order chi connectivity index (χ1) is 7.91. The molecule has 0 fully saturated rings. The highest BCUT2D eigenvalue weighted by Crippen LogP contribution is 2.22. The van der Waals surface area contributed by atoms with E-state index < -0.39 is 23.1 Å². The Bertz CT molecular complexity index is 425. The number of aliphatic hydroxyl groups excluding tert-OH is 1. The third-order valence-corrected chi connectivity index (χ3v) is 2.52. The molecule has 1 aromatic rings. The zero-order chi connectivity index (χ0) is 13.1. The van der Waals surface area contributed by atoms with Crippen molar-refractivity contribution in [2.45, 2.75) is 12.5 Å².